The molecular weight excluding hydrogens is 344 g/mol. The van der Waals surface area contributed by atoms with E-state index in [1.54, 1.807) is 29.7 Å². The van der Waals surface area contributed by atoms with Crippen molar-refractivity contribution >= 4 is 28.3 Å². The van der Waals surface area contributed by atoms with Crippen molar-refractivity contribution < 1.29 is 23.8 Å². The molecule has 8 heteroatoms. The van der Waals surface area contributed by atoms with E-state index in [2.05, 4.69) is 16.9 Å². The Labute approximate surface area is 149 Å². The molecule has 7 nitrogen and oxygen atoms in total. The zero-order valence-electron chi connectivity index (χ0n) is 13.9. The van der Waals surface area contributed by atoms with Crippen LogP contribution in [0.15, 0.2) is 36.2 Å². The Balaban J connectivity index is 1.99. The van der Waals surface area contributed by atoms with Crippen molar-refractivity contribution in [1.82, 2.24) is 4.98 Å². The molecular formula is C17H18N2O5S. The molecule has 0 aliphatic heterocycles. The number of esters is 1. The normalized spacial score (nSPS) is 10.0. The maximum absolute atomic E-state index is 12.2. The third-order valence-electron chi connectivity index (χ3n) is 2.94. The van der Waals surface area contributed by atoms with E-state index in [4.69, 9.17) is 14.2 Å². The van der Waals surface area contributed by atoms with Crippen molar-refractivity contribution in [2.24, 2.45) is 0 Å². The Hall–Kier alpha value is -2.87. The number of carbonyl (C=O) groups excluding carboxylic acids is 2. The summed E-state index contributed by atoms with van der Waals surface area (Å²) in [4.78, 5) is 27.3. The molecule has 132 valence electrons. The highest BCUT2D eigenvalue weighted by molar-refractivity contribution is 7.13. The smallest absolute Gasteiger partial charge is 0.338 e. The van der Waals surface area contributed by atoms with E-state index in [-0.39, 0.29) is 12.5 Å². The fourth-order valence-corrected chi connectivity index (χ4v) is 2.61. The molecule has 1 heterocycles. The molecule has 0 bridgehead atoms. The summed E-state index contributed by atoms with van der Waals surface area (Å²) >= 11 is 1.26. The second-order valence-electron chi connectivity index (χ2n) is 4.87. The summed E-state index contributed by atoms with van der Waals surface area (Å²) in [7, 11) is 1.49. The van der Waals surface area contributed by atoms with Crippen LogP contribution in [0.2, 0.25) is 0 Å². The molecule has 0 saturated carbocycles. The molecule has 0 saturated heterocycles. The van der Waals surface area contributed by atoms with Crippen LogP contribution in [0.4, 0.5) is 5.13 Å². The molecule has 1 amide bonds. The van der Waals surface area contributed by atoms with Gasteiger partial charge in [-0.2, -0.15) is 0 Å². The van der Waals surface area contributed by atoms with E-state index >= 15 is 0 Å². The Morgan fingerprint density at radius 3 is 2.84 bits per heavy atom. The van der Waals surface area contributed by atoms with Crippen molar-refractivity contribution in [2.45, 2.75) is 13.5 Å². The van der Waals surface area contributed by atoms with E-state index in [0.29, 0.717) is 34.5 Å². The van der Waals surface area contributed by atoms with Gasteiger partial charge in [0.25, 0.3) is 0 Å². The van der Waals surface area contributed by atoms with Gasteiger partial charge < -0.3 is 19.5 Å². The summed E-state index contributed by atoms with van der Waals surface area (Å²) < 4.78 is 15.9. The van der Waals surface area contributed by atoms with Crippen LogP contribution in [0, 0.1) is 0 Å². The zero-order chi connectivity index (χ0) is 18.2. The first-order chi connectivity index (χ1) is 12.0. The minimum atomic E-state index is -0.511. The van der Waals surface area contributed by atoms with Gasteiger partial charge in [-0.1, -0.05) is 12.7 Å². The Morgan fingerprint density at radius 2 is 2.16 bits per heavy atom. The summed E-state index contributed by atoms with van der Waals surface area (Å²) in [5, 5.41) is 4.75. The minimum Gasteiger partial charge on any atom is -0.493 e. The molecule has 2 aromatic rings. The Bertz CT molecular complexity index is 772. The van der Waals surface area contributed by atoms with Crippen molar-refractivity contribution in [2.75, 3.05) is 19.0 Å². The topological polar surface area (TPSA) is 86.8 Å². The molecule has 0 unspecified atom stereocenters. The average molecular weight is 362 g/mol. The zero-order valence-corrected chi connectivity index (χ0v) is 14.7. The molecule has 0 aliphatic carbocycles. The summed E-state index contributed by atoms with van der Waals surface area (Å²) in [6.45, 7) is 5.32. The minimum absolute atomic E-state index is 0.00590. The highest BCUT2D eigenvalue weighted by Crippen LogP contribution is 2.28. The van der Waals surface area contributed by atoms with Crippen molar-refractivity contribution in [3.05, 3.63) is 47.5 Å². The Morgan fingerprint density at radius 1 is 1.36 bits per heavy atom. The SMILES string of the molecule is C=CCOc1ccc(C(=O)OCc2csc(NC(C)=O)n2)cc1OC. The molecule has 0 radical (unpaired) electrons. The molecule has 1 aromatic heterocycles. The molecule has 0 spiro atoms. The first-order valence-electron chi connectivity index (χ1n) is 7.34. The average Bonchev–Trinajstić information content (AvgIpc) is 3.04. The van der Waals surface area contributed by atoms with Gasteiger partial charge in [-0.3, -0.25) is 4.79 Å². The van der Waals surface area contributed by atoms with E-state index in [1.165, 1.54) is 25.4 Å². The predicted molar refractivity (Wildman–Crippen MR) is 94.2 cm³/mol. The number of carbonyl (C=O) groups is 2. The van der Waals surface area contributed by atoms with Gasteiger partial charge in [0.15, 0.2) is 16.6 Å². The second kappa shape index (κ2) is 8.84. The van der Waals surface area contributed by atoms with Crippen molar-refractivity contribution in [1.29, 1.82) is 0 Å². The summed E-state index contributed by atoms with van der Waals surface area (Å²) in [6.07, 6.45) is 1.62. The number of nitrogens with zero attached hydrogens (tertiary/aromatic N) is 1. The first kappa shape index (κ1) is 18.5. The van der Waals surface area contributed by atoms with E-state index in [9.17, 15) is 9.59 Å². The quantitative estimate of drug-likeness (QED) is 0.574. The number of thiazole rings is 1. The van der Waals surface area contributed by atoms with Gasteiger partial charge in [0, 0.05) is 12.3 Å². The lowest BCUT2D eigenvalue weighted by Gasteiger charge is -2.10. The van der Waals surface area contributed by atoms with Gasteiger partial charge in [0.05, 0.1) is 18.4 Å². The summed E-state index contributed by atoms with van der Waals surface area (Å²) in [6, 6.07) is 4.77. The number of methoxy groups -OCH3 is 1. The highest BCUT2D eigenvalue weighted by atomic mass is 32.1. The number of anilines is 1. The Kier molecular flexibility index (Phi) is 6.53. The maximum atomic E-state index is 12.2. The van der Waals surface area contributed by atoms with Gasteiger partial charge >= 0.3 is 5.97 Å². The number of hydrogen-bond donors (Lipinski definition) is 1. The predicted octanol–water partition coefficient (Wildman–Crippen LogP) is 3.03. The van der Waals surface area contributed by atoms with Gasteiger partial charge in [0.2, 0.25) is 5.91 Å². The largest absolute Gasteiger partial charge is 0.493 e. The van der Waals surface area contributed by atoms with Crippen LogP contribution < -0.4 is 14.8 Å². The highest BCUT2D eigenvalue weighted by Gasteiger charge is 2.13. The maximum Gasteiger partial charge on any atom is 0.338 e. The molecule has 1 N–H and O–H groups in total. The van der Waals surface area contributed by atoms with Crippen LogP contribution in [0.1, 0.15) is 23.0 Å². The number of hydrogen-bond acceptors (Lipinski definition) is 7. The number of nitrogens with one attached hydrogen (secondary N) is 1. The standard InChI is InChI=1S/C17H18N2O5S/c1-4-7-23-14-6-5-12(8-15(14)22-3)16(21)24-9-13-10-25-17(19-13)18-11(2)20/h4-6,8,10H,1,7,9H2,2-3H3,(H,18,19,20). The lowest BCUT2D eigenvalue weighted by Crippen LogP contribution is -2.07. The van der Waals surface area contributed by atoms with E-state index < -0.39 is 5.97 Å². The molecule has 0 fully saturated rings. The lowest BCUT2D eigenvalue weighted by molar-refractivity contribution is -0.114. The number of ether oxygens (including phenoxy) is 3. The fraction of sp³-hybridized carbons (Fsp3) is 0.235. The lowest BCUT2D eigenvalue weighted by atomic mass is 10.2. The van der Waals surface area contributed by atoms with Gasteiger partial charge in [-0.15, -0.1) is 11.3 Å². The fourth-order valence-electron chi connectivity index (χ4n) is 1.87. The number of amides is 1. The van der Waals surface area contributed by atoms with Crippen LogP contribution in [0.3, 0.4) is 0 Å². The molecule has 2 rings (SSSR count). The van der Waals surface area contributed by atoms with Crippen LogP contribution in [-0.2, 0) is 16.1 Å². The van der Waals surface area contributed by atoms with Gasteiger partial charge in [-0.05, 0) is 18.2 Å². The van der Waals surface area contributed by atoms with Gasteiger partial charge in [0.1, 0.15) is 13.2 Å². The number of benzene rings is 1. The monoisotopic (exact) mass is 362 g/mol. The van der Waals surface area contributed by atoms with Crippen molar-refractivity contribution in [3.8, 4) is 11.5 Å². The molecule has 0 atom stereocenters. The molecule has 25 heavy (non-hydrogen) atoms. The van der Waals surface area contributed by atoms with Crippen molar-refractivity contribution in [3.63, 3.8) is 0 Å². The summed E-state index contributed by atoms with van der Waals surface area (Å²) in [5.41, 5.74) is 0.889. The third kappa shape index (κ3) is 5.32. The van der Waals surface area contributed by atoms with Gasteiger partial charge in [-0.25, -0.2) is 9.78 Å². The van der Waals surface area contributed by atoms with Crippen LogP contribution in [-0.4, -0.2) is 30.6 Å². The number of rotatable bonds is 8. The van der Waals surface area contributed by atoms with Crippen LogP contribution in [0.25, 0.3) is 0 Å². The molecule has 0 aliphatic rings. The van der Waals surface area contributed by atoms with E-state index in [0.717, 1.165) is 0 Å². The van der Waals surface area contributed by atoms with Crippen LogP contribution >= 0.6 is 11.3 Å². The summed E-state index contributed by atoms with van der Waals surface area (Å²) in [5.74, 6) is 0.225. The second-order valence-corrected chi connectivity index (χ2v) is 5.72. The molecule has 1 aromatic carbocycles. The third-order valence-corrected chi connectivity index (χ3v) is 3.75. The number of aromatic nitrogens is 1. The van der Waals surface area contributed by atoms with E-state index in [1.807, 2.05) is 0 Å². The first-order valence-corrected chi connectivity index (χ1v) is 8.22. The van der Waals surface area contributed by atoms with Crippen LogP contribution in [0.5, 0.6) is 11.5 Å².